The molecule has 158 valence electrons. The topological polar surface area (TPSA) is 91.4 Å². The molecule has 0 aliphatic heterocycles. The van der Waals surface area contributed by atoms with Crippen LogP contribution in [0.4, 0.5) is 5.69 Å². The molecule has 2 aromatic carbocycles. The van der Waals surface area contributed by atoms with E-state index >= 15 is 0 Å². The Balaban J connectivity index is 1.52. The van der Waals surface area contributed by atoms with E-state index in [1.807, 2.05) is 41.0 Å². The van der Waals surface area contributed by atoms with E-state index in [-0.39, 0.29) is 11.7 Å². The van der Waals surface area contributed by atoms with Gasteiger partial charge in [-0.1, -0.05) is 30.0 Å². The minimum atomic E-state index is -0.181. The number of benzene rings is 2. The Kier molecular flexibility index (Phi) is 6.23. The number of amides is 1. The van der Waals surface area contributed by atoms with Crippen LogP contribution in [0.3, 0.4) is 0 Å². The second-order valence-corrected chi connectivity index (χ2v) is 7.30. The fourth-order valence-electron chi connectivity index (χ4n) is 2.98. The molecule has 8 nitrogen and oxygen atoms in total. The molecule has 0 aliphatic carbocycles. The average Bonchev–Trinajstić information content (AvgIpc) is 3.48. The third-order valence-corrected chi connectivity index (χ3v) is 5.32. The summed E-state index contributed by atoms with van der Waals surface area (Å²) in [5.41, 5.74) is 1.49. The zero-order chi connectivity index (χ0) is 21.6. The standard InChI is InChI=1S/C22H20N4O4S/c1-28-17-11-10-15(13-19(17)29-2)23-20(27)14-31-22-25-24-21(18-9-6-12-30-18)26(22)16-7-4-3-5-8-16/h3-13H,14H2,1-2H3,(H,23,27). The number of furan rings is 1. The molecule has 9 heteroatoms. The fourth-order valence-corrected chi connectivity index (χ4v) is 3.73. The third kappa shape index (κ3) is 4.56. The molecule has 0 unspecified atom stereocenters. The average molecular weight is 436 g/mol. The van der Waals surface area contributed by atoms with Crippen LogP contribution in [0.2, 0.25) is 0 Å². The number of nitrogens with one attached hydrogen (secondary N) is 1. The smallest absolute Gasteiger partial charge is 0.234 e. The molecule has 0 saturated carbocycles. The lowest BCUT2D eigenvalue weighted by molar-refractivity contribution is -0.113. The van der Waals surface area contributed by atoms with Crippen molar-refractivity contribution in [3.63, 3.8) is 0 Å². The monoisotopic (exact) mass is 436 g/mol. The van der Waals surface area contributed by atoms with Crippen LogP contribution in [-0.4, -0.2) is 40.6 Å². The SMILES string of the molecule is COc1ccc(NC(=O)CSc2nnc(-c3ccco3)n2-c2ccccc2)cc1OC. The minimum Gasteiger partial charge on any atom is -0.493 e. The van der Waals surface area contributed by atoms with Crippen molar-refractivity contribution in [2.45, 2.75) is 5.16 Å². The normalized spacial score (nSPS) is 10.6. The number of carbonyl (C=O) groups is 1. The van der Waals surface area contributed by atoms with Crippen molar-refractivity contribution in [3.8, 4) is 28.8 Å². The Bertz CT molecular complexity index is 1160. The Labute approximate surface area is 183 Å². The van der Waals surface area contributed by atoms with E-state index in [1.165, 1.54) is 11.8 Å². The van der Waals surface area contributed by atoms with Crippen LogP contribution >= 0.6 is 11.8 Å². The Morgan fingerprint density at radius 3 is 2.55 bits per heavy atom. The number of rotatable bonds is 8. The van der Waals surface area contributed by atoms with Gasteiger partial charge < -0.3 is 19.2 Å². The first-order valence-electron chi connectivity index (χ1n) is 9.39. The Morgan fingerprint density at radius 2 is 1.84 bits per heavy atom. The maximum atomic E-state index is 12.5. The summed E-state index contributed by atoms with van der Waals surface area (Å²) in [7, 11) is 3.11. The van der Waals surface area contributed by atoms with E-state index in [1.54, 1.807) is 44.7 Å². The number of para-hydroxylation sites is 1. The van der Waals surface area contributed by atoms with Gasteiger partial charge in [-0.25, -0.2) is 0 Å². The molecule has 4 aromatic rings. The van der Waals surface area contributed by atoms with Crippen molar-refractivity contribution >= 4 is 23.4 Å². The van der Waals surface area contributed by atoms with Gasteiger partial charge in [-0.05, 0) is 36.4 Å². The van der Waals surface area contributed by atoms with Gasteiger partial charge in [-0.3, -0.25) is 9.36 Å². The lowest BCUT2D eigenvalue weighted by atomic mass is 10.2. The van der Waals surface area contributed by atoms with Crippen LogP contribution < -0.4 is 14.8 Å². The summed E-state index contributed by atoms with van der Waals surface area (Å²) in [5.74, 6) is 2.27. The number of hydrogen-bond donors (Lipinski definition) is 1. The first-order valence-corrected chi connectivity index (χ1v) is 10.4. The summed E-state index contributed by atoms with van der Waals surface area (Å²) in [6.07, 6.45) is 1.59. The molecule has 0 aliphatic rings. The molecular formula is C22H20N4O4S. The highest BCUT2D eigenvalue weighted by molar-refractivity contribution is 7.99. The highest BCUT2D eigenvalue weighted by Crippen LogP contribution is 2.31. The molecule has 2 aromatic heterocycles. The van der Waals surface area contributed by atoms with Crippen molar-refractivity contribution in [2.75, 3.05) is 25.3 Å². The van der Waals surface area contributed by atoms with E-state index in [0.717, 1.165) is 5.69 Å². The van der Waals surface area contributed by atoms with E-state index in [4.69, 9.17) is 13.9 Å². The first kappa shape index (κ1) is 20.5. The number of methoxy groups -OCH3 is 2. The second-order valence-electron chi connectivity index (χ2n) is 6.36. The van der Waals surface area contributed by atoms with Gasteiger partial charge in [0.25, 0.3) is 0 Å². The maximum absolute atomic E-state index is 12.5. The van der Waals surface area contributed by atoms with Gasteiger partial charge in [0.05, 0.1) is 26.2 Å². The summed E-state index contributed by atoms with van der Waals surface area (Å²) in [6.45, 7) is 0. The number of carbonyl (C=O) groups excluding carboxylic acids is 1. The van der Waals surface area contributed by atoms with Gasteiger partial charge in [0.2, 0.25) is 11.7 Å². The second kappa shape index (κ2) is 9.40. The zero-order valence-electron chi connectivity index (χ0n) is 16.9. The number of thioether (sulfide) groups is 1. The van der Waals surface area contributed by atoms with Gasteiger partial charge in [0, 0.05) is 17.4 Å². The molecule has 1 amide bonds. The number of anilines is 1. The number of aromatic nitrogens is 3. The first-order chi connectivity index (χ1) is 15.2. The van der Waals surface area contributed by atoms with Gasteiger partial charge in [-0.2, -0.15) is 0 Å². The van der Waals surface area contributed by atoms with Crippen molar-refractivity contribution < 1.29 is 18.7 Å². The zero-order valence-corrected chi connectivity index (χ0v) is 17.8. The lowest BCUT2D eigenvalue weighted by Crippen LogP contribution is -2.14. The third-order valence-electron chi connectivity index (χ3n) is 4.39. The van der Waals surface area contributed by atoms with E-state index < -0.39 is 0 Å². The van der Waals surface area contributed by atoms with Gasteiger partial charge in [-0.15, -0.1) is 10.2 Å². The molecule has 31 heavy (non-hydrogen) atoms. The molecule has 0 radical (unpaired) electrons. The van der Waals surface area contributed by atoms with Crippen LogP contribution in [0.1, 0.15) is 0 Å². The summed E-state index contributed by atoms with van der Waals surface area (Å²) in [6, 6.07) is 18.5. The van der Waals surface area contributed by atoms with E-state index in [9.17, 15) is 4.79 Å². The molecule has 0 atom stereocenters. The predicted molar refractivity (Wildman–Crippen MR) is 118 cm³/mol. The number of hydrogen-bond acceptors (Lipinski definition) is 7. The van der Waals surface area contributed by atoms with Crippen molar-refractivity contribution in [2.24, 2.45) is 0 Å². The summed E-state index contributed by atoms with van der Waals surface area (Å²) >= 11 is 1.28. The highest BCUT2D eigenvalue weighted by atomic mass is 32.2. The fraction of sp³-hybridized carbons (Fsp3) is 0.136. The highest BCUT2D eigenvalue weighted by Gasteiger charge is 2.19. The van der Waals surface area contributed by atoms with Gasteiger partial charge >= 0.3 is 0 Å². The summed E-state index contributed by atoms with van der Waals surface area (Å²) in [4.78, 5) is 12.5. The minimum absolute atomic E-state index is 0.150. The number of ether oxygens (including phenoxy) is 2. The molecule has 0 fully saturated rings. The quantitative estimate of drug-likeness (QED) is 0.412. The molecular weight excluding hydrogens is 416 g/mol. The largest absolute Gasteiger partial charge is 0.493 e. The maximum Gasteiger partial charge on any atom is 0.234 e. The lowest BCUT2D eigenvalue weighted by Gasteiger charge is -2.11. The molecule has 4 rings (SSSR count). The van der Waals surface area contributed by atoms with Gasteiger partial charge in [0.1, 0.15) is 0 Å². The number of nitrogens with zero attached hydrogens (tertiary/aromatic N) is 3. The molecule has 0 saturated heterocycles. The Hall–Kier alpha value is -3.72. The van der Waals surface area contributed by atoms with E-state index in [2.05, 4.69) is 15.5 Å². The molecule has 1 N–H and O–H groups in total. The van der Waals surface area contributed by atoms with Crippen molar-refractivity contribution in [1.29, 1.82) is 0 Å². The predicted octanol–water partition coefficient (Wildman–Crippen LogP) is 4.28. The van der Waals surface area contributed by atoms with E-state index in [0.29, 0.717) is 33.9 Å². The van der Waals surface area contributed by atoms with Crippen LogP contribution in [-0.2, 0) is 4.79 Å². The molecule has 0 bridgehead atoms. The van der Waals surface area contributed by atoms with Crippen molar-refractivity contribution in [3.05, 3.63) is 66.9 Å². The van der Waals surface area contributed by atoms with Crippen molar-refractivity contribution in [1.82, 2.24) is 14.8 Å². The molecule has 2 heterocycles. The van der Waals surface area contributed by atoms with Crippen LogP contribution in [0.15, 0.2) is 76.5 Å². The summed E-state index contributed by atoms with van der Waals surface area (Å²) < 4.78 is 17.9. The van der Waals surface area contributed by atoms with Crippen LogP contribution in [0.25, 0.3) is 17.3 Å². The van der Waals surface area contributed by atoms with Gasteiger partial charge in [0.15, 0.2) is 22.4 Å². The summed E-state index contributed by atoms with van der Waals surface area (Å²) in [5, 5.41) is 12.0. The Morgan fingerprint density at radius 1 is 1.03 bits per heavy atom. The van der Waals surface area contributed by atoms with Crippen LogP contribution in [0, 0.1) is 0 Å². The molecule has 0 spiro atoms. The van der Waals surface area contributed by atoms with Crippen LogP contribution in [0.5, 0.6) is 11.5 Å².